The van der Waals surface area contributed by atoms with E-state index in [-0.39, 0.29) is 5.91 Å². The van der Waals surface area contributed by atoms with Crippen LogP contribution in [0, 0.1) is 3.57 Å². The number of nitrogens with zero attached hydrogens (tertiary/aromatic N) is 1. The van der Waals surface area contributed by atoms with Crippen molar-refractivity contribution in [1.29, 1.82) is 0 Å². The molecule has 1 aromatic carbocycles. The summed E-state index contributed by atoms with van der Waals surface area (Å²) in [7, 11) is 0. The highest BCUT2D eigenvalue weighted by Gasteiger charge is 2.26. The van der Waals surface area contributed by atoms with Gasteiger partial charge in [-0.15, -0.1) is 0 Å². The van der Waals surface area contributed by atoms with Gasteiger partial charge < -0.3 is 0 Å². The molecule has 1 aliphatic rings. The molecule has 1 saturated heterocycles. The van der Waals surface area contributed by atoms with Crippen molar-refractivity contribution in [2.45, 2.75) is 12.8 Å². The third-order valence-corrected chi connectivity index (χ3v) is 3.24. The first-order chi connectivity index (χ1) is 6.68. The van der Waals surface area contributed by atoms with Crippen LogP contribution in [0.4, 0.5) is 5.69 Å². The lowest BCUT2D eigenvalue weighted by atomic mass is 10.3. The average Bonchev–Trinajstić information content (AvgIpc) is 2.49. The Morgan fingerprint density at radius 3 is 2.36 bits per heavy atom. The van der Waals surface area contributed by atoms with E-state index in [2.05, 4.69) is 22.6 Å². The first-order valence-corrected chi connectivity index (χ1v) is 5.78. The van der Waals surface area contributed by atoms with Gasteiger partial charge in [-0.05, 0) is 46.9 Å². The second-order valence-electron chi connectivity index (χ2n) is 3.10. The molecule has 0 atom stereocenters. The van der Waals surface area contributed by atoms with Crippen molar-refractivity contribution in [2.24, 2.45) is 0 Å². The molecule has 1 heterocycles. The molecule has 0 spiro atoms. The number of carbonyl (C=O) groups is 1. The second kappa shape index (κ2) is 3.94. The van der Waals surface area contributed by atoms with Crippen LogP contribution in [-0.4, -0.2) is 10.9 Å². The Labute approximate surface area is 101 Å². The first-order valence-electron chi connectivity index (χ1n) is 4.30. The predicted molar refractivity (Wildman–Crippen MR) is 68.5 cm³/mol. The highest BCUT2D eigenvalue weighted by Crippen LogP contribution is 2.23. The van der Waals surface area contributed by atoms with Crippen LogP contribution in [0.15, 0.2) is 24.3 Å². The highest BCUT2D eigenvalue weighted by atomic mass is 127. The third-order valence-electron chi connectivity index (χ3n) is 2.14. The van der Waals surface area contributed by atoms with Crippen molar-refractivity contribution in [1.82, 2.24) is 0 Å². The zero-order valence-electron chi connectivity index (χ0n) is 7.37. The van der Waals surface area contributed by atoms with Crippen LogP contribution in [0.25, 0.3) is 0 Å². The zero-order chi connectivity index (χ0) is 10.1. The number of anilines is 1. The van der Waals surface area contributed by atoms with Crippen molar-refractivity contribution in [3.63, 3.8) is 0 Å². The molecule has 72 valence electrons. The molecular formula is C10H8INOS. The van der Waals surface area contributed by atoms with Crippen molar-refractivity contribution in [3.05, 3.63) is 27.8 Å². The van der Waals surface area contributed by atoms with Crippen LogP contribution in [0.2, 0.25) is 0 Å². The SMILES string of the molecule is O=C1CCC(=S)N1c1ccc(I)cc1. The largest absolute Gasteiger partial charge is 0.275 e. The Balaban J connectivity index is 2.34. The van der Waals surface area contributed by atoms with Gasteiger partial charge >= 0.3 is 0 Å². The highest BCUT2D eigenvalue weighted by molar-refractivity contribution is 14.1. The van der Waals surface area contributed by atoms with Gasteiger partial charge in [-0.2, -0.15) is 0 Å². The Morgan fingerprint density at radius 1 is 1.21 bits per heavy atom. The number of hydrogen-bond acceptors (Lipinski definition) is 2. The maximum atomic E-state index is 11.5. The number of carbonyl (C=O) groups excluding carboxylic acids is 1. The average molecular weight is 317 g/mol. The molecule has 0 radical (unpaired) electrons. The molecule has 2 rings (SSSR count). The fourth-order valence-corrected chi connectivity index (χ4v) is 2.12. The maximum absolute atomic E-state index is 11.5. The molecule has 14 heavy (non-hydrogen) atoms. The summed E-state index contributed by atoms with van der Waals surface area (Å²) in [5.74, 6) is 0.108. The Hall–Kier alpha value is -0.490. The first kappa shape index (κ1) is 10.0. The summed E-state index contributed by atoms with van der Waals surface area (Å²) in [6.45, 7) is 0. The zero-order valence-corrected chi connectivity index (χ0v) is 10.3. The summed E-state index contributed by atoms with van der Waals surface area (Å²) >= 11 is 7.37. The van der Waals surface area contributed by atoms with Crippen molar-refractivity contribution < 1.29 is 4.79 Å². The van der Waals surface area contributed by atoms with Crippen LogP contribution in [-0.2, 0) is 4.79 Å². The van der Waals surface area contributed by atoms with Crippen LogP contribution in [0.5, 0.6) is 0 Å². The minimum Gasteiger partial charge on any atom is -0.275 e. The van der Waals surface area contributed by atoms with Crippen molar-refractivity contribution in [3.8, 4) is 0 Å². The topological polar surface area (TPSA) is 20.3 Å². The van der Waals surface area contributed by atoms with Crippen LogP contribution >= 0.6 is 34.8 Å². The van der Waals surface area contributed by atoms with Gasteiger partial charge in [0.05, 0.1) is 4.99 Å². The number of thiocarbonyl (C=S) groups is 1. The van der Waals surface area contributed by atoms with Crippen LogP contribution in [0.3, 0.4) is 0 Å². The van der Waals surface area contributed by atoms with E-state index in [1.807, 2.05) is 24.3 Å². The standard InChI is InChI=1S/C10H8INOS/c11-7-1-3-8(4-2-7)12-9(13)5-6-10(12)14/h1-4H,5-6H2. The van der Waals surface area contributed by atoms with E-state index in [1.165, 1.54) is 0 Å². The van der Waals surface area contributed by atoms with Gasteiger partial charge in [0.2, 0.25) is 5.91 Å². The minimum atomic E-state index is 0.108. The molecule has 2 nitrogen and oxygen atoms in total. The molecule has 0 aliphatic carbocycles. The summed E-state index contributed by atoms with van der Waals surface area (Å²) in [5, 5.41) is 0. The molecule has 0 unspecified atom stereocenters. The van der Waals surface area contributed by atoms with Gasteiger partial charge in [0.15, 0.2) is 0 Å². The van der Waals surface area contributed by atoms with Crippen LogP contribution in [0.1, 0.15) is 12.8 Å². The smallest absolute Gasteiger partial charge is 0.232 e. The lowest BCUT2D eigenvalue weighted by Crippen LogP contribution is -2.27. The monoisotopic (exact) mass is 317 g/mol. The molecule has 1 aromatic rings. The maximum Gasteiger partial charge on any atom is 0.232 e. The molecule has 0 aromatic heterocycles. The molecule has 4 heteroatoms. The summed E-state index contributed by atoms with van der Waals surface area (Å²) in [5.41, 5.74) is 0.887. The lowest BCUT2D eigenvalue weighted by Gasteiger charge is -2.15. The summed E-state index contributed by atoms with van der Waals surface area (Å²) < 4.78 is 1.16. The van der Waals surface area contributed by atoms with Gasteiger partial charge in [0.1, 0.15) is 0 Å². The summed E-state index contributed by atoms with van der Waals surface area (Å²) in [6.07, 6.45) is 1.25. The molecule has 0 saturated carbocycles. The molecule has 1 amide bonds. The van der Waals surface area contributed by atoms with E-state index in [9.17, 15) is 4.79 Å². The fraction of sp³-hybridized carbons (Fsp3) is 0.200. The number of rotatable bonds is 1. The van der Waals surface area contributed by atoms with Crippen LogP contribution < -0.4 is 4.90 Å². The molecule has 1 fully saturated rings. The molecular weight excluding hydrogens is 309 g/mol. The van der Waals surface area contributed by atoms with Gasteiger partial charge in [-0.25, -0.2) is 0 Å². The molecule has 1 aliphatic heterocycles. The minimum absolute atomic E-state index is 0.108. The number of halogens is 1. The quantitative estimate of drug-likeness (QED) is 0.586. The molecule has 0 N–H and O–H groups in total. The summed E-state index contributed by atoms with van der Waals surface area (Å²) in [4.78, 5) is 13.9. The number of benzene rings is 1. The van der Waals surface area contributed by atoms with Gasteiger partial charge in [-0.3, -0.25) is 9.69 Å². The van der Waals surface area contributed by atoms with E-state index in [4.69, 9.17) is 12.2 Å². The number of hydrogen-bond donors (Lipinski definition) is 0. The lowest BCUT2D eigenvalue weighted by molar-refractivity contribution is -0.116. The fourth-order valence-electron chi connectivity index (χ4n) is 1.45. The van der Waals surface area contributed by atoms with Gasteiger partial charge in [0.25, 0.3) is 0 Å². The van der Waals surface area contributed by atoms with E-state index >= 15 is 0 Å². The predicted octanol–water partition coefficient (Wildman–Crippen LogP) is 2.75. The van der Waals surface area contributed by atoms with E-state index < -0.39 is 0 Å². The van der Waals surface area contributed by atoms with Gasteiger partial charge in [-0.1, -0.05) is 12.2 Å². The third kappa shape index (κ3) is 1.81. The summed E-state index contributed by atoms with van der Waals surface area (Å²) in [6, 6.07) is 7.81. The Bertz CT molecular complexity index is 372. The van der Waals surface area contributed by atoms with E-state index in [1.54, 1.807) is 4.90 Å². The second-order valence-corrected chi connectivity index (χ2v) is 4.82. The van der Waals surface area contributed by atoms with Crippen molar-refractivity contribution in [2.75, 3.05) is 4.90 Å². The molecule has 0 bridgehead atoms. The normalized spacial score (nSPS) is 16.5. The number of amides is 1. The van der Waals surface area contributed by atoms with Crippen molar-refractivity contribution >= 4 is 51.4 Å². The Kier molecular flexibility index (Phi) is 2.83. The van der Waals surface area contributed by atoms with E-state index in [0.717, 1.165) is 14.2 Å². The van der Waals surface area contributed by atoms with E-state index in [0.29, 0.717) is 12.8 Å². The van der Waals surface area contributed by atoms with Gasteiger partial charge in [0, 0.05) is 22.1 Å². The Morgan fingerprint density at radius 2 is 1.86 bits per heavy atom.